The summed E-state index contributed by atoms with van der Waals surface area (Å²) < 4.78 is 25.1. The Bertz CT molecular complexity index is 1880. The average Bonchev–Trinajstić information content (AvgIpc) is 3.28. The van der Waals surface area contributed by atoms with Gasteiger partial charge in [-0.15, -0.1) is 0 Å². The first-order chi connectivity index (χ1) is 20.0. The highest BCUT2D eigenvalue weighted by atomic mass is 35.5. The summed E-state index contributed by atoms with van der Waals surface area (Å²) in [4.78, 5) is 30.1. The predicted molar refractivity (Wildman–Crippen MR) is 168 cm³/mol. The number of amides is 1. The van der Waals surface area contributed by atoms with Gasteiger partial charge in [-0.25, -0.2) is 23.3 Å². The fourth-order valence-corrected chi connectivity index (χ4v) is 5.64. The molecule has 0 radical (unpaired) electrons. The summed E-state index contributed by atoms with van der Waals surface area (Å²) in [5, 5.41) is 3.95. The first kappa shape index (κ1) is 29.3. The molecule has 5 rings (SSSR count). The van der Waals surface area contributed by atoms with Gasteiger partial charge in [0.1, 0.15) is 5.82 Å². The topological polar surface area (TPSA) is 113 Å². The number of rotatable bonds is 9. The summed E-state index contributed by atoms with van der Waals surface area (Å²) in [6, 6.07) is 21.4. The molecule has 2 heterocycles. The number of anilines is 5. The van der Waals surface area contributed by atoms with Gasteiger partial charge in [0.15, 0.2) is 9.84 Å². The fraction of sp³-hybridized carbons (Fsp3) is 0.172. The molecule has 3 aromatic carbocycles. The molecule has 2 aromatic heterocycles. The van der Waals surface area contributed by atoms with E-state index in [1.807, 2.05) is 40.8 Å². The number of sulfone groups is 1. The minimum Gasteiger partial charge on any atom is -0.341 e. The number of carbonyl (C=O) groups is 1. The molecule has 216 valence electrons. The van der Waals surface area contributed by atoms with Crippen LogP contribution in [0.4, 0.5) is 29.1 Å². The highest BCUT2D eigenvalue weighted by Gasteiger charge is 2.25. The van der Waals surface area contributed by atoms with E-state index < -0.39 is 9.84 Å². The third-order valence-corrected chi connectivity index (χ3v) is 7.74. The number of para-hydroxylation sites is 2. The summed E-state index contributed by atoms with van der Waals surface area (Å²) in [6.07, 6.45) is 2.84. The number of aromatic nitrogens is 4. The molecule has 0 fully saturated rings. The van der Waals surface area contributed by atoms with E-state index >= 15 is 0 Å². The second-order valence-corrected chi connectivity index (χ2v) is 12.7. The van der Waals surface area contributed by atoms with Gasteiger partial charge in [-0.2, -0.15) is 4.98 Å². The van der Waals surface area contributed by atoms with Crippen molar-refractivity contribution in [1.82, 2.24) is 19.5 Å². The van der Waals surface area contributed by atoms with Crippen LogP contribution in [-0.4, -0.2) is 47.1 Å². The number of hydrogen-bond donors (Lipinski definition) is 1. The Morgan fingerprint density at radius 2 is 1.74 bits per heavy atom. The molecule has 0 bridgehead atoms. The lowest BCUT2D eigenvalue weighted by Crippen LogP contribution is -2.30. The van der Waals surface area contributed by atoms with Crippen LogP contribution in [0, 0.1) is 0 Å². The Labute approximate surface area is 253 Å². The number of halogens is 2. The van der Waals surface area contributed by atoms with Crippen molar-refractivity contribution in [3.8, 4) is 0 Å². The van der Waals surface area contributed by atoms with E-state index in [0.29, 0.717) is 50.2 Å². The highest BCUT2D eigenvalue weighted by Crippen LogP contribution is 2.36. The molecule has 0 atom stereocenters. The van der Waals surface area contributed by atoms with Gasteiger partial charge < -0.3 is 10.2 Å². The normalized spacial score (nSPS) is 11.5. The average molecular weight is 625 g/mol. The molecule has 0 aliphatic rings. The van der Waals surface area contributed by atoms with Crippen LogP contribution < -0.4 is 15.1 Å². The van der Waals surface area contributed by atoms with Crippen molar-refractivity contribution in [2.75, 3.05) is 28.4 Å². The maximum Gasteiger partial charge on any atom is 0.230 e. The molecule has 5 aromatic rings. The summed E-state index contributed by atoms with van der Waals surface area (Å²) >= 11 is 12.8. The quantitative estimate of drug-likeness (QED) is 0.206. The van der Waals surface area contributed by atoms with Crippen molar-refractivity contribution in [3.05, 3.63) is 94.6 Å². The molecule has 13 heteroatoms. The molecule has 0 unspecified atom stereocenters. The molecule has 1 N–H and O–H groups in total. The Hall–Kier alpha value is -4.19. The number of imidazole rings is 1. The predicted octanol–water partition coefficient (Wildman–Crippen LogP) is 6.20. The van der Waals surface area contributed by atoms with Crippen LogP contribution in [0.2, 0.25) is 10.0 Å². The van der Waals surface area contributed by atoms with Crippen LogP contribution in [0.25, 0.3) is 11.0 Å². The van der Waals surface area contributed by atoms with Gasteiger partial charge in [-0.05, 0) is 54.1 Å². The minimum atomic E-state index is -3.12. The van der Waals surface area contributed by atoms with Crippen molar-refractivity contribution in [1.29, 1.82) is 0 Å². The lowest BCUT2D eigenvalue weighted by atomic mass is 10.2. The molecule has 10 nitrogen and oxygen atoms in total. The van der Waals surface area contributed by atoms with Gasteiger partial charge in [-0.1, -0.05) is 47.5 Å². The zero-order valence-electron chi connectivity index (χ0n) is 23.0. The monoisotopic (exact) mass is 623 g/mol. The van der Waals surface area contributed by atoms with E-state index in [2.05, 4.69) is 15.3 Å². The molecule has 42 heavy (non-hydrogen) atoms. The van der Waals surface area contributed by atoms with E-state index in [-0.39, 0.29) is 18.3 Å². The van der Waals surface area contributed by atoms with E-state index in [0.717, 1.165) is 5.52 Å². The molecule has 0 saturated carbocycles. The smallest absolute Gasteiger partial charge is 0.230 e. The van der Waals surface area contributed by atoms with Crippen LogP contribution >= 0.6 is 23.2 Å². The summed E-state index contributed by atoms with van der Waals surface area (Å²) in [6.45, 7) is 1.73. The summed E-state index contributed by atoms with van der Waals surface area (Å²) in [5.74, 6) is 1.04. The summed E-state index contributed by atoms with van der Waals surface area (Å²) in [5.41, 5.74) is 3.34. The Morgan fingerprint density at radius 3 is 2.45 bits per heavy atom. The van der Waals surface area contributed by atoms with Crippen molar-refractivity contribution < 1.29 is 13.2 Å². The molecular formula is C29H27Cl2N7O3S. The zero-order chi connectivity index (χ0) is 30.0. The van der Waals surface area contributed by atoms with Crippen molar-refractivity contribution in [2.24, 2.45) is 0 Å². The maximum absolute atomic E-state index is 13.0. The third-order valence-electron chi connectivity index (χ3n) is 6.32. The van der Waals surface area contributed by atoms with E-state index in [1.54, 1.807) is 54.7 Å². The molecule has 1 amide bonds. The van der Waals surface area contributed by atoms with Crippen molar-refractivity contribution in [3.63, 3.8) is 0 Å². The zero-order valence-corrected chi connectivity index (χ0v) is 25.3. The van der Waals surface area contributed by atoms with Gasteiger partial charge in [-0.3, -0.25) is 9.36 Å². The first-order valence-electron chi connectivity index (χ1n) is 12.8. The van der Waals surface area contributed by atoms with Crippen LogP contribution in [0.3, 0.4) is 0 Å². The first-order valence-corrected chi connectivity index (χ1v) is 15.6. The summed E-state index contributed by atoms with van der Waals surface area (Å²) in [7, 11) is -1.25. The van der Waals surface area contributed by atoms with E-state index in [4.69, 9.17) is 28.2 Å². The molecule has 0 aliphatic carbocycles. The Kier molecular flexibility index (Phi) is 8.35. The largest absolute Gasteiger partial charge is 0.341 e. The molecule has 0 spiro atoms. The molecular weight excluding hydrogens is 597 g/mol. The Morgan fingerprint density at radius 1 is 1.00 bits per heavy atom. The van der Waals surface area contributed by atoms with Crippen LogP contribution in [0.5, 0.6) is 0 Å². The second kappa shape index (κ2) is 12.0. The van der Waals surface area contributed by atoms with E-state index in [9.17, 15) is 13.2 Å². The van der Waals surface area contributed by atoms with Gasteiger partial charge >= 0.3 is 0 Å². The highest BCUT2D eigenvalue weighted by molar-refractivity contribution is 7.89. The van der Waals surface area contributed by atoms with Gasteiger partial charge in [0, 0.05) is 37.1 Å². The van der Waals surface area contributed by atoms with Crippen LogP contribution in [0.15, 0.2) is 79.0 Å². The number of fused-ring (bicyclic) bond motifs is 1. The van der Waals surface area contributed by atoms with Gasteiger partial charge in [0.25, 0.3) is 0 Å². The number of nitrogens with zero attached hydrogens (tertiary/aromatic N) is 6. The van der Waals surface area contributed by atoms with Crippen molar-refractivity contribution in [2.45, 2.75) is 19.3 Å². The number of carbonyl (C=O) groups excluding carboxylic acids is 1. The van der Waals surface area contributed by atoms with Gasteiger partial charge in [0.2, 0.25) is 17.8 Å². The number of nitrogens with one attached hydrogen (secondary N) is 1. The standard InChI is InChI=1S/C29H27Cl2N7O3S/c1-19(39)38(26-16-21(30)10-13-23(26)31)29-34-24-6-4-5-7-25(24)37(29)18-36(2)27-14-15-32-28(35-27)33-22-11-8-20(9-12-22)17-42(3,40)41/h4-16H,17-18H2,1-3H3,(H,32,33,35). The maximum atomic E-state index is 13.0. The molecule has 0 saturated heterocycles. The lowest BCUT2D eigenvalue weighted by Gasteiger charge is -2.26. The lowest BCUT2D eigenvalue weighted by molar-refractivity contribution is -0.115. The molecule has 0 aliphatic heterocycles. The number of benzene rings is 3. The Balaban J connectivity index is 1.45. The van der Waals surface area contributed by atoms with Crippen LogP contribution in [-0.2, 0) is 27.1 Å². The van der Waals surface area contributed by atoms with E-state index in [1.165, 1.54) is 18.1 Å². The van der Waals surface area contributed by atoms with Crippen LogP contribution in [0.1, 0.15) is 12.5 Å². The SMILES string of the molecule is CC(=O)N(c1cc(Cl)ccc1Cl)c1nc2ccccc2n1CN(C)c1ccnc(Nc2ccc(CS(C)(=O)=O)cc2)n1. The third kappa shape index (κ3) is 6.64. The number of hydrogen-bond acceptors (Lipinski definition) is 8. The second-order valence-electron chi connectivity index (χ2n) is 9.75. The minimum absolute atomic E-state index is 0.0282. The van der Waals surface area contributed by atoms with Gasteiger partial charge in [0.05, 0.1) is 34.2 Å². The van der Waals surface area contributed by atoms with Crippen molar-refractivity contribution >= 4 is 79.1 Å². The fourth-order valence-electron chi connectivity index (χ4n) is 4.47.